The van der Waals surface area contributed by atoms with E-state index in [1.807, 2.05) is 0 Å². The molecule has 6 nitrogen and oxygen atoms in total. The van der Waals surface area contributed by atoms with Crippen molar-refractivity contribution in [2.45, 2.75) is 86.7 Å². The van der Waals surface area contributed by atoms with Gasteiger partial charge in [-0.25, -0.2) is 9.59 Å². The molecule has 2 spiro atoms. The zero-order valence-electron chi connectivity index (χ0n) is 19.0. The van der Waals surface area contributed by atoms with Gasteiger partial charge >= 0.3 is 11.9 Å². The van der Waals surface area contributed by atoms with Crippen LogP contribution in [0.5, 0.6) is 0 Å². The topological polar surface area (TPSA) is 60.3 Å². The molecule has 34 heavy (non-hydrogen) atoms. The highest BCUT2D eigenvalue weighted by molar-refractivity contribution is 14.1. The van der Waals surface area contributed by atoms with Gasteiger partial charge in [0.05, 0.1) is 19.0 Å². The maximum Gasteiger partial charge on any atom is 0.332 e. The van der Waals surface area contributed by atoms with E-state index in [2.05, 4.69) is 62.2 Å². The second-order valence-electron chi connectivity index (χ2n) is 11.0. The average molecular weight is 687 g/mol. The van der Waals surface area contributed by atoms with Gasteiger partial charge in [0.1, 0.15) is 12.1 Å². The van der Waals surface area contributed by atoms with Gasteiger partial charge in [0, 0.05) is 49.3 Å². The van der Waals surface area contributed by atoms with Crippen LogP contribution in [0, 0.1) is 0 Å². The van der Waals surface area contributed by atoms with Crippen LogP contribution in [0.25, 0.3) is 0 Å². The Bertz CT molecular complexity index is 1030. The van der Waals surface area contributed by atoms with Crippen LogP contribution in [0.15, 0.2) is 42.6 Å². The van der Waals surface area contributed by atoms with E-state index in [0.29, 0.717) is 24.2 Å². The number of nitrogens with zero attached hydrogens (tertiary/aromatic N) is 1. The Balaban J connectivity index is 0.000000118. The predicted octanol–water partition coefficient (Wildman–Crippen LogP) is 2.92. The zero-order chi connectivity index (χ0) is 23.2. The van der Waals surface area contributed by atoms with Crippen molar-refractivity contribution in [2.24, 2.45) is 0 Å². The molecule has 1 N–H and O–H groups in total. The Morgan fingerprint density at radius 2 is 1.59 bits per heavy atom. The Labute approximate surface area is 227 Å². The molecule has 8 heteroatoms. The van der Waals surface area contributed by atoms with Gasteiger partial charge in [-0.2, -0.15) is 0 Å². The smallest absolute Gasteiger partial charge is 0.332 e. The maximum atomic E-state index is 11.7. The van der Waals surface area contributed by atoms with Crippen LogP contribution in [0.2, 0.25) is 0 Å². The number of fused-ring (bicyclic) bond motifs is 6. The number of hydrogen-bond donors (Lipinski definition) is 1. The number of halogens is 2. The van der Waals surface area contributed by atoms with E-state index >= 15 is 0 Å². The number of ether oxygens (including phenoxy) is 2. The molecule has 7 atom stereocenters. The van der Waals surface area contributed by atoms with E-state index in [9.17, 15) is 9.59 Å². The summed E-state index contributed by atoms with van der Waals surface area (Å²) in [5, 5.41) is 0. The van der Waals surface area contributed by atoms with Gasteiger partial charge in [0.25, 0.3) is 0 Å². The maximum absolute atomic E-state index is 11.7. The lowest BCUT2D eigenvalue weighted by molar-refractivity contribution is -0.937. The molecule has 0 radical (unpaired) electrons. The minimum Gasteiger partial charge on any atom is -0.449 e. The highest BCUT2D eigenvalue weighted by Gasteiger charge is 2.65. The van der Waals surface area contributed by atoms with Gasteiger partial charge in [-0.05, 0) is 83.5 Å². The molecule has 8 rings (SSSR count). The van der Waals surface area contributed by atoms with Gasteiger partial charge in [-0.3, -0.25) is 4.90 Å². The van der Waals surface area contributed by atoms with E-state index in [1.165, 1.54) is 57.8 Å². The van der Waals surface area contributed by atoms with Crippen LogP contribution in [0.1, 0.15) is 51.4 Å². The summed E-state index contributed by atoms with van der Waals surface area (Å²) in [7, 11) is 0. The third kappa shape index (κ3) is 3.03. The fourth-order valence-corrected chi connectivity index (χ4v) is 10.3. The minimum atomic E-state index is -0.298. The fourth-order valence-electron chi connectivity index (χ4n) is 8.23. The molecule has 6 aliphatic heterocycles. The second-order valence-corrected chi connectivity index (χ2v) is 13.3. The highest BCUT2D eigenvalue weighted by Crippen LogP contribution is 2.54. The average Bonchev–Trinajstić information content (AvgIpc) is 3.51. The van der Waals surface area contributed by atoms with Gasteiger partial charge < -0.3 is 14.4 Å². The SMILES string of the molecule is O=C1C=C2C(I)=C[C@@H]3C[C@@]2(O1)[C@H]1CCCCN31.O=C1C=C2C(I)=C[C@@H]3C[C@@]2(O1)[C@H]1CCCC[NH+]31. The van der Waals surface area contributed by atoms with Crippen molar-refractivity contribution in [3.8, 4) is 0 Å². The first-order valence-electron chi connectivity index (χ1n) is 12.7. The lowest BCUT2D eigenvalue weighted by Gasteiger charge is -2.38. The van der Waals surface area contributed by atoms with Crippen molar-refractivity contribution in [2.75, 3.05) is 13.1 Å². The van der Waals surface area contributed by atoms with Crippen molar-refractivity contribution < 1.29 is 24.0 Å². The molecule has 0 aromatic carbocycles. The summed E-state index contributed by atoms with van der Waals surface area (Å²) < 4.78 is 14.0. The van der Waals surface area contributed by atoms with Crippen LogP contribution in [0.3, 0.4) is 0 Å². The number of rotatable bonds is 0. The summed E-state index contributed by atoms with van der Waals surface area (Å²) in [5.41, 5.74) is 1.76. The monoisotopic (exact) mass is 687 g/mol. The molecule has 4 fully saturated rings. The van der Waals surface area contributed by atoms with Gasteiger partial charge in [-0.1, -0.05) is 12.5 Å². The van der Waals surface area contributed by atoms with Crippen molar-refractivity contribution in [3.05, 3.63) is 42.6 Å². The lowest BCUT2D eigenvalue weighted by Crippen LogP contribution is -3.18. The van der Waals surface area contributed by atoms with Gasteiger partial charge in [0.15, 0.2) is 11.2 Å². The molecule has 6 heterocycles. The van der Waals surface area contributed by atoms with E-state index in [4.69, 9.17) is 9.47 Å². The van der Waals surface area contributed by atoms with Crippen molar-refractivity contribution in [1.29, 1.82) is 0 Å². The third-order valence-corrected chi connectivity index (χ3v) is 11.3. The molecule has 0 saturated carbocycles. The van der Waals surface area contributed by atoms with Crippen molar-refractivity contribution >= 4 is 57.1 Å². The first-order chi connectivity index (χ1) is 16.4. The number of nitrogens with one attached hydrogen (secondary N) is 1. The number of piperidine rings is 2. The molecule has 0 aromatic rings. The van der Waals surface area contributed by atoms with Crippen molar-refractivity contribution in [3.63, 3.8) is 0 Å². The number of carbonyl (C=O) groups excluding carboxylic acids is 2. The summed E-state index contributed by atoms with van der Waals surface area (Å²) in [6, 6.07) is 1.97. The summed E-state index contributed by atoms with van der Waals surface area (Å²) in [6.45, 7) is 2.39. The van der Waals surface area contributed by atoms with Gasteiger partial charge in [-0.15, -0.1) is 0 Å². The highest BCUT2D eigenvalue weighted by atomic mass is 127. The molecule has 4 bridgehead atoms. The van der Waals surface area contributed by atoms with E-state index in [1.54, 1.807) is 17.1 Å². The molecule has 4 saturated heterocycles. The number of esters is 2. The third-order valence-electron chi connectivity index (χ3n) is 9.44. The van der Waals surface area contributed by atoms with E-state index in [-0.39, 0.29) is 23.1 Å². The Morgan fingerprint density at radius 3 is 2.41 bits per heavy atom. The molecule has 1 unspecified atom stereocenters. The number of carbonyl (C=O) groups is 2. The molecule has 0 aromatic heterocycles. The summed E-state index contributed by atoms with van der Waals surface area (Å²) >= 11 is 4.73. The number of hydrogen-bond acceptors (Lipinski definition) is 5. The Hall–Kier alpha value is -0.720. The van der Waals surface area contributed by atoms with Crippen LogP contribution >= 0.6 is 45.2 Å². The molecular formula is C26H29I2N2O4+. The first kappa shape index (κ1) is 22.5. The van der Waals surface area contributed by atoms with Crippen molar-refractivity contribution in [1.82, 2.24) is 4.90 Å². The largest absolute Gasteiger partial charge is 0.449 e. The van der Waals surface area contributed by atoms with Crippen LogP contribution in [0.4, 0.5) is 0 Å². The number of quaternary nitrogens is 1. The minimum absolute atomic E-state index is 0.130. The predicted molar refractivity (Wildman–Crippen MR) is 143 cm³/mol. The van der Waals surface area contributed by atoms with Crippen LogP contribution in [-0.4, -0.2) is 65.3 Å². The normalized spacial score (nSPS) is 45.3. The summed E-state index contributed by atoms with van der Waals surface area (Å²) in [4.78, 5) is 27.6. The fraction of sp³-hybridized carbons (Fsp3) is 0.615. The van der Waals surface area contributed by atoms with Crippen LogP contribution in [-0.2, 0) is 19.1 Å². The molecule has 2 aliphatic carbocycles. The summed E-state index contributed by atoms with van der Waals surface area (Å²) in [5.74, 6) is -0.273. The Kier molecular flexibility index (Phi) is 5.21. The van der Waals surface area contributed by atoms with E-state index in [0.717, 1.165) is 25.0 Å². The molecular weight excluding hydrogens is 658 g/mol. The van der Waals surface area contributed by atoms with Gasteiger partial charge in [0.2, 0.25) is 0 Å². The molecule has 0 amide bonds. The zero-order valence-corrected chi connectivity index (χ0v) is 23.3. The standard InChI is InChI=1S/2C13H14INO2/c2*14-10-5-8-7-13(9(10)6-12(16)17-13)11-3-1-2-4-15(8)11/h2*5-6,8,11H,1-4,7H2/p+1/t2*8-,11-,13+/m11/s1. The van der Waals surface area contributed by atoms with Crippen LogP contribution < -0.4 is 4.90 Å². The molecule has 180 valence electrons. The lowest BCUT2D eigenvalue weighted by atomic mass is 9.80. The van der Waals surface area contributed by atoms with E-state index < -0.39 is 0 Å². The second kappa shape index (κ2) is 7.89. The summed E-state index contributed by atoms with van der Waals surface area (Å²) in [6.07, 6.45) is 17.6. The quantitative estimate of drug-likeness (QED) is 0.314. The molecule has 8 aliphatic rings. The first-order valence-corrected chi connectivity index (χ1v) is 14.8. The Morgan fingerprint density at radius 1 is 0.882 bits per heavy atom.